The van der Waals surface area contributed by atoms with Crippen LogP contribution in [0.4, 0.5) is 0 Å². The first-order chi connectivity index (χ1) is 7.33. The van der Waals surface area contributed by atoms with Crippen LogP contribution in [0.15, 0.2) is 0 Å². The third-order valence-corrected chi connectivity index (χ3v) is 2.78. The second-order valence-electron chi connectivity index (χ2n) is 4.17. The average Bonchev–Trinajstić information content (AvgIpc) is 2.29. The first-order valence-corrected chi connectivity index (χ1v) is 5.94. The summed E-state index contributed by atoms with van der Waals surface area (Å²) in [5.41, 5.74) is 0. The average molecular weight is 217 g/mol. The summed E-state index contributed by atoms with van der Waals surface area (Å²) in [6.07, 6.45) is 6.12. The molecule has 3 N–H and O–H groups in total. The molecule has 0 aromatic rings. The quantitative estimate of drug-likeness (QED) is 0.536. The fourth-order valence-corrected chi connectivity index (χ4v) is 1.86. The van der Waals surface area contributed by atoms with E-state index in [2.05, 4.69) is 5.32 Å². The highest BCUT2D eigenvalue weighted by Gasteiger charge is 2.12. The van der Waals surface area contributed by atoms with Gasteiger partial charge in [-0.25, -0.2) is 0 Å². The zero-order chi connectivity index (χ0) is 10.9. The van der Waals surface area contributed by atoms with Gasteiger partial charge in [-0.2, -0.15) is 0 Å². The number of nitrogens with one attached hydrogen (secondary N) is 1. The van der Waals surface area contributed by atoms with E-state index >= 15 is 0 Å². The van der Waals surface area contributed by atoms with Gasteiger partial charge >= 0.3 is 0 Å². The van der Waals surface area contributed by atoms with Gasteiger partial charge in [-0.3, -0.25) is 0 Å². The molecule has 0 spiro atoms. The van der Waals surface area contributed by atoms with Crippen LogP contribution in [0.5, 0.6) is 0 Å². The Kier molecular flexibility index (Phi) is 6.92. The van der Waals surface area contributed by atoms with Crippen molar-refractivity contribution in [2.24, 2.45) is 0 Å². The van der Waals surface area contributed by atoms with Crippen LogP contribution in [0.2, 0.25) is 0 Å². The molecule has 0 amide bonds. The van der Waals surface area contributed by atoms with E-state index in [4.69, 9.17) is 14.9 Å². The van der Waals surface area contributed by atoms with Crippen molar-refractivity contribution < 1.29 is 14.9 Å². The maximum absolute atomic E-state index is 9.05. The third kappa shape index (κ3) is 6.10. The Hall–Kier alpha value is -0.160. The van der Waals surface area contributed by atoms with Gasteiger partial charge in [-0.05, 0) is 12.8 Å². The van der Waals surface area contributed by atoms with Crippen LogP contribution in [0.3, 0.4) is 0 Å². The van der Waals surface area contributed by atoms with E-state index in [0.717, 1.165) is 6.54 Å². The van der Waals surface area contributed by atoms with E-state index in [1.165, 1.54) is 32.1 Å². The molecule has 15 heavy (non-hydrogen) atoms. The zero-order valence-corrected chi connectivity index (χ0v) is 9.32. The second kappa shape index (κ2) is 8.05. The lowest BCUT2D eigenvalue weighted by Gasteiger charge is -2.22. The Balaban J connectivity index is 1.87. The summed E-state index contributed by atoms with van der Waals surface area (Å²) in [5.74, 6) is 0. The molecule has 0 aromatic heterocycles. The van der Waals surface area contributed by atoms with Crippen molar-refractivity contribution in [2.75, 3.05) is 26.3 Å². The molecular weight excluding hydrogens is 194 g/mol. The summed E-state index contributed by atoms with van der Waals surface area (Å²) < 4.78 is 5.69. The third-order valence-electron chi connectivity index (χ3n) is 2.78. The van der Waals surface area contributed by atoms with E-state index in [1.807, 2.05) is 0 Å². The highest BCUT2D eigenvalue weighted by atomic mass is 16.5. The standard InChI is InChI=1S/C11H23NO3/c13-9-10(14)8-12-6-7-15-11-4-2-1-3-5-11/h10-14H,1-9H2. The number of aliphatic hydroxyl groups excluding tert-OH is 2. The Morgan fingerprint density at radius 2 is 2.00 bits per heavy atom. The molecule has 0 bridgehead atoms. The summed E-state index contributed by atoms with van der Waals surface area (Å²) in [5, 5.41) is 20.7. The molecule has 1 atom stereocenters. The Bertz CT molecular complexity index is 149. The van der Waals surface area contributed by atoms with E-state index < -0.39 is 6.10 Å². The van der Waals surface area contributed by atoms with E-state index in [-0.39, 0.29) is 6.61 Å². The lowest BCUT2D eigenvalue weighted by molar-refractivity contribution is 0.0280. The SMILES string of the molecule is OCC(O)CNCCOC1CCCCC1. The molecular formula is C11H23NO3. The highest BCUT2D eigenvalue weighted by Crippen LogP contribution is 2.19. The number of hydrogen-bond donors (Lipinski definition) is 3. The normalized spacial score (nSPS) is 20.4. The first-order valence-electron chi connectivity index (χ1n) is 5.94. The maximum Gasteiger partial charge on any atom is 0.0894 e. The monoisotopic (exact) mass is 217 g/mol. The lowest BCUT2D eigenvalue weighted by atomic mass is 9.98. The molecule has 0 aromatic carbocycles. The van der Waals surface area contributed by atoms with Crippen LogP contribution < -0.4 is 5.32 Å². The van der Waals surface area contributed by atoms with Crippen LogP contribution >= 0.6 is 0 Å². The Morgan fingerprint density at radius 1 is 1.27 bits per heavy atom. The minimum atomic E-state index is -0.653. The van der Waals surface area contributed by atoms with Crippen molar-refractivity contribution in [3.63, 3.8) is 0 Å². The van der Waals surface area contributed by atoms with Gasteiger partial charge in [-0.15, -0.1) is 0 Å². The molecule has 4 heteroatoms. The summed E-state index contributed by atoms with van der Waals surface area (Å²) >= 11 is 0. The topological polar surface area (TPSA) is 61.7 Å². The van der Waals surface area contributed by atoms with Crippen molar-refractivity contribution in [3.05, 3.63) is 0 Å². The molecule has 1 fully saturated rings. The van der Waals surface area contributed by atoms with Crippen LogP contribution in [0.25, 0.3) is 0 Å². The number of rotatable bonds is 7. The van der Waals surface area contributed by atoms with E-state index in [0.29, 0.717) is 19.3 Å². The lowest BCUT2D eigenvalue weighted by Crippen LogP contribution is -2.32. The molecule has 4 nitrogen and oxygen atoms in total. The summed E-state index contributed by atoms with van der Waals surface area (Å²) in [6, 6.07) is 0. The van der Waals surface area contributed by atoms with Gasteiger partial charge in [0.2, 0.25) is 0 Å². The molecule has 1 unspecified atom stereocenters. The number of hydrogen-bond acceptors (Lipinski definition) is 4. The maximum atomic E-state index is 9.05. The molecule has 1 saturated carbocycles. The molecule has 0 saturated heterocycles. The first kappa shape index (κ1) is 12.9. The Morgan fingerprint density at radius 3 is 2.67 bits per heavy atom. The molecule has 90 valence electrons. The zero-order valence-electron chi connectivity index (χ0n) is 9.32. The molecule has 0 radical (unpaired) electrons. The van der Waals surface area contributed by atoms with E-state index in [9.17, 15) is 0 Å². The van der Waals surface area contributed by atoms with E-state index in [1.54, 1.807) is 0 Å². The van der Waals surface area contributed by atoms with Gasteiger partial charge in [0.15, 0.2) is 0 Å². The summed E-state index contributed by atoms with van der Waals surface area (Å²) in [6.45, 7) is 1.69. The highest BCUT2D eigenvalue weighted by molar-refractivity contribution is 4.65. The summed E-state index contributed by atoms with van der Waals surface area (Å²) in [4.78, 5) is 0. The number of ether oxygens (including phenoxy) is 1. The van der Waals surface area contributed by atoms with Gasteiger partial charge < -0.3 is 20.3 Å². The largest absolute Gasteiger partial charge is 0.394 e. The van der Waals surface area contributed by atoms with Crippen LogP contribution in [0.1, 0.15) is 32.1 Å². The minimum absolute atomic E-state index is 0.184. The van der Waals surface area contributed by atoms with Crippen molar-refractivity contribution in [3.8, 4) is 0 Å². The van der Waals surface area contributed by atoms with Gasteiger partial charge in [0.05, 0.1) is 25.4 Å². The molecule has 0 heterocycles. The van der Waals surface area contributed by atoms with Gasteiger partial charge in [-0.1, -0.05) is 19.3 Å². The van der Waals surface area contributed by atoms with Gasteiger partial charge in [0.25, 0.3) is 0 Å². The van der Waals surface area contributed by atoms with Gasteiger partial charge in [0.1, 0.15) is 0 Å². The minimum Gasteiger partial charge on any atom is -0.394 e. The fourth-order valence-electron chi connectivity index (χ4n) is 1.86. The van der Waals surface area contributed by atoms with Crippen molar-refractivity contribution in [1.82, 2.24) is 5.32 Å². The smallest absolute Gasteiger partial charge is 0.0894 e. The molecule has 1 aliphatic carbocycles. The van der Waals surface area contributed by atoms with Crippen LogP contribution in [-0.4, -0.2) is 48.7 Å². The molecule has 1 aliphatic rings. The van der Waals surface area contributed by atoms with Crippen molar-refractivity contribution >= 4 is 0 Å². The molecule has 1 rings (SSSR count). The molecule has 0 aliphatic heterocycles. The van der Waals surface area contributed by atoms with Gasteiger partial charge in [0, 0.05) is 13.1 Å². The van der Waals surface area contributed by atoms with Crippen molar-refractivity contribution in [2.45, 2.75) is 44.3 Å². The predicted octanol–water partition coefficient (Wildman–Crippen LogP) is 0.278. The van der Waals surface area contributed by atoms with Crippen LogP contribution in [0, 0.1) is 0 Å². The Labute approximate surface area is 91.6 Å². The summed E-state index contributed by atoms with van der Waals surface area (Å²) in [7, 11) is 0. The van der Waals surface area contributed by atoms with Crippen molar-refractivity contribution in [1.29, 1.82) is 0 Å². The predicted molar refractivity (Wildman–Crippen MR) is 58.8 cm³/mol. The van der Waals surface area contributed by atoms with Crippen LogP contribution in [-0.2, 0) is 4.74 Å². The second-order valence-corrected chi connectivity index (χ2v) is 4.17. The fraction of sp³-hybridized carbons (Fsp3) is 1.00. The number of aliphatic hydroxyl groups is 2.